The van der Waals surface area contributed by atoms with Crippen molar-refractivity contribution in [2.24, 2.45) is 0 Å². The Hall–Kier alpha value is -3.06. The third kappa shape index (κ3) is 2.70. The van der Waals surface area contributed by atoms with E-state index >= 15 is 0 Å². The number of nitrogens with zero attached hydrogens (tertiary/aromatic N) is 1. The zero-order chi connectivity index (χ0) is 19.1. The Morgan fingerprint density at radius 1 is 0.750 bits per heavy atom. The van der Waals surface area contributed by atoms with Crippen LogP contribution in [0.15, 0.2) is 91.0 Å². The van der Waals surface area contributed by atoms with Gasteiger partial charge in [-0.2, -0.15) is 0 Å². The van der Waals surface area contributed by atoms with Gasteiger partial charge in [-0.1, -0.05) is 85.3 Å². The molecule has 0 saturated carbocycles. The van der Waals surface area contributed by atoms with Crippen LogP contribution in [0, 0.1) is 6.92 Å². The molecule has 4 aromatic carbocycles. The molecule has 0 radical (unpaired) electrons. The van der Waals surface area contributed by atoms with Gasteiger partial charge in [0.25, 0.3) is 0 Å². The molecule has 5 rings (SSSR count). The maximum absolute atomic E-state index is 2.57. The molecule has 0 aliphatic carbocycles. The lowest BCUT2D eigenvalue weighted by Crippen LogP contribution is -2.30. The molecule has 2 unspecified atom stereocenters. The minimum absolute atomic E-state index is 0.396. The van der Waals surface area contributed by atoms with Crippen LogP contribution in [0.2, 0.25) is 0 Å². The lowest BCUT2D eigenvalue weighted by molar-refractivity contribution is 0.599. The first kappa shape index (κ1) is 17.1. The van der Waals surface area contributed by atoms with Gasteiger partial charge in [-0.15, -0.1) is 0 Å². The molecule has 138 valence electrons. The van der Waals surface area contributed by atoms with Crippen LogP contribution in [0.1, 0.15) is 36.0 Å². The first-order valence-electron chi connectivity index (χ1n) is 10.2. The van der Waals surface area contributed by atoms with Crippen LogP contribution in [0.5, 0.6) is 0 Å². The fraction of sp³-hybridized carbons (Fsp3) is 0.185. The molecule has 1 nitrogen and oxygen atoms in total. The number of hydrogen-bond donors (Lipinski definition) is 0. The normalized spacial score (nSPS) is 18.4. The molecule has 0 bridgehead atoms. The van der Waals surface area contributed by atoms with E-state index in [1.54, 1.807) is 0 Å². The molecule has 2 atom stereocenters. The molecule has 1 aliphatic rings. The van der Waals surface area contributed by atoms with Gasteiger partial charge in [-0.25, -0.2) is 0 Å². The van der Waals surface area contributed by atoms with Gasteiger partial charge in [0.15, 0.2) is 0 Å². The van der Waals surface area contributed by atoms with Crippen molar-refractivity contribution in [2.45, 2.75) is 32.2 Å². The summed E-state index contributed by atoms with van der Waals surface area (Å²) in [7, 11) is 0. The molecule has 0 spiro atoms. The molecule has 0 N–H and O–H groups in total. The highest BCUT2D eigenvalue weighted by Gasteiger charge is 2.39. The summed E-state index contributed by atoms with van der Waals surface area (Å²) in [6, 6.07) is 33.9. The van der Waals surface area contributed by atoms with Crippen LogP contribution >= 0.6 is 0 Å². The molecular weight excluding hydrogens is 338 g/mol. The number of benzene rings is 4. The van der Waals surface area contributed by atoms with Crippen molar-refractivity contribution in [3.63, 3.8) is 0 Å². The van der Waals surface area contributed by atoms with Gasteiger partial charge >= 0.3 is 0 Å². The van der Waals surface area contributed by atoms with Crippen molar-refractivity contribution in [1.29, 1.82) is 0 Å². The van der Waals surface area contributed by atoms with Gasteiger partial charge in [-0.3, -0.25) is 0 Å². The summed E-state index contributed by atoms with van der Waals surface area (Å²) in [6.45, 7) is 4.51. The maximum Gasteiger partial charge on any atom is 0.0453 e. The average Bonchev–Trinajstić information content (AvgIpc) is 3.07. The van der Waals surface area contributed by atoms with Crippen LogP contribution in [0.3, 0.4) is 0 Å². The Balaban J connectivity index is 1.71. The van der Waals surface area contributed by atoms with E-state index in [0.29, 0.717) is 12.0 Å². The topological polar surface area (TPSA) is 3.24 Å². The van der Waals surface area contributed by atoms with Crippen molar-refractivity contribution in [3.8, 4) is 0 Å². The summed E-state index contributed by atoms with van der Waals surface area (Å²) in [6.07, 6.45) is 1.10. The lowest BCUT2D eigenvalue weighted by atomic mass is 9.86. The molecular formula is C27H25N. The fourth-order valence-corrected chi connectivity index (χ4v) is 4.81. The standard InChI is InChI=1S/C27H25N/c1-3-25-27(21-10-5-4-6-11-21)24-17-19(2)13-16-26(24)28(25)23-15-14-20-9-7-8-12-22(20)18-23/h4-18,25,27H,3H2,1-2H3. The molecule has 1 heteroatoms. The number of hydrogen-bond acceptors (Lipinski definition) is 1. The summed E-state index contributed by atoms with van der Waals surface area (Å²) in [5.74, 6) is 0.396. The zero-order valence-electron chi connectivity index (χ0n) is 16.5. The Kier molecular flexibility index (Phi) is 4.16. The highest BCUT2D eigenvalue weighted by molar-refractivity contribution is 5.88. The molecule has 1 heterocycles. The van der Waals surface area contributed by atoms with E-state index in [4.69, 9.17) is 0 Å². The summed E-state index contributed by atoms with van der Waals surface area (Å²) in [5.41, 5.74) is 6.82. The summed E-state index contributed by atoms with van der Waals surface area (Å²) >= 11 is 0. The molecule has 1 aliphatic heterocycles. The Morgan fingerprint density at radius 3 is 2.29 bits per heavy atom. The Morgan fingerprint density at radius 2 is 1.50 bits per heavy atom. The highest BCUT2D eigenvalue weighted by Crippen LogP contribution is 2.49. The van der Waals surface area contributed by atoms with Crippen molar-refractivity contribution >= 4 is 22.1 Å². The number of aryl methyl sites for hydroxylation is 1. The number of rotatable bonds is 3. The van der Waals surface area contributed by atoms with Gasteiger partial charge < -0.3 is 4.90 Å². The van der Waals surface area contributed by atoms with Crippen LogP contribution in [-0.2, 0) is 0 Å². The highest BCUT2D eigenvalue weighted by atomic mass is 15.2. The predicted octanol–water partition coefficient (Wildman–Crippen LogP) is 7.21. The van der Waals surface area contributed by atoms with Gasteiger partial charge in [0.05, 0.1) is 0 Å². The minimum Gasteiger partial charge on any atom is -0.337 e. The first-order chi connectivity index (χ1) is 13.8. The van der Waals surface area contributed by atoms with Crippen LogP contribution in [0.25, 0.3) is 10.8 Å². The van der Waals surface area contributed by atoms with Crippen molar-refractivity contribution in [2.75, 3.05) is 4.90 Å². The fourth-order valence-electron chi connectivity index (χ4n) is 4.81. The maximum atomic E-state index is 2.57. The largest absolute Gasteiger partial charge is 0.337 e. The predicted molar refractivity (Wildman–Crippen MR) is 120 cm³/mol. The van der Waals surface area contributed by atoms with E-state index in [-0.39, 0.29) is 0 Å². The van der Waals surface area contributed by atoms with E-state index in [1.165, 1.54) is 38.8 Å². The third-order valence-corrected chi connectivity index (χ3v) is 6.08. The van der Waals surface area contributed by atoms with Crippen molar-refractivity contribution < 1.29 is 0 Å². The SMILES string of the molecule is CCC1C(c2ccccc2)c2cc(C)ccc2N1c1ccc2ccccc2c1. The van der Waals surface area contributed by atoms with Crippen LogP contribution in [-0.4, -0.2) is 6.04 Å². The summed E-state index contributed by atoms with van der Waals surface area (Å²) < 4.78 is 0. The number of anilines is 2. The molecule has 0 saturated heterocycles. The molecule has 28 heavy (non-hydrogen) atoms. The smallest absolute Gasteiger partial charge is 0.0453 e. The van der Waals surface area contributed by atoms with Crippen molar-refractivity contribution in [1.82, 2.24) is 0 Å². The van der Waals surface area contributed by atoms with E-state index in [1.807, 2.05) is 0 Å². The van der Waals surface area contributed by atoms with E-state index in [9.17, 15) is 0 Å². The quantitative estimate of drug-likeness (QED) is 0.372. The monoisotopic (exact) mass is 363 g/mol. The second-order valence-corrected chi connectivity index (χ2v) is 7.83. The van der Waals surface area contributed by atoms with Crippen LogP contribution in [0.4, 0.5) is 11.4 Å². The number of fused-ring (bicyclic) bond motifs is 2. The minimum atomic E-state index is 0.396. The second kappa shape index (κ2) is 6.83. The first-order valence-corrected chi connectivity index (χ1v) is 10.2. The summed E-state index contributed by atoms with van der Waals surface area (Å²) in [5, 5.41) is 2.59. The Bertz CT molecular complexity index is 1130. The van der Waals surface area contributed by atoms with Gasteiger partial charge in [0.1, 0.15) is 0 Å². The van der Waals surface area contributed by atoms with Crippen molar-refractivity contribution in [3.05, 3.63) is 108 Å². The van der Waals surface area contributed by atoms with E-state index in [2.05, 4.69) is 110 Å². The van der Waals surface area contributed by atoms with Gasteiger partial charge in [-0.05, 0) is 53.4 Å². The molecule has 0 aromatic heterocycles. The molecule has 4 aromatic rings. The van der Waals surface area contributed by atoms with Crippen LogP contribution < -0.4 is 4.90 Å². The second-order valence-electron chi connectivity index (χ2n) is 7.83. The van der Waals surface area contributed by atoms with Gasteiger partial charge in [0.2, 0.25) is 0 Å². The summed E-state index contributed by atoms with van der Waals surface area (Å²) in [4.78, 5) is 2.57. The third-order valence-electron chi connectivity index (χ3n) is 6.08. The Labute approximate surface area is 167 Å². The average molecular weight is 364 g/mol. The van der Waals surface area contributed by atoms with E-state index < -0.39 is 0 Å². The zero-order valence-corrected chi connectivity index (χ0v) is 16.5. The van der Waals surface area contributed by atoms with E-state index in [0.717, 1.165) is 6.42 Å². The van der Waals surface area contributed by atoms with Gasteiger partial charge in [0, 0.05) is 23.3 Å². The molecule has 0 fully saturated rings. The lowest BCUT2D eigenvalue weighted by Gasteiger charge is -2.30. The molecule has 0 amide bonds.